The summed E-state index contributed by atoms with van der Waals surface area (Å²) in [5, 5.41) is 0. The van der Waals surface area contributed by atoms with Crippen molar-refractivity contribution < 1.29 is 18.7 Å². The molecular formula is C19H26FN3O3. The Morgan fingerprint density at radius 1 is 1.31 bits per heavy atom. The van der Waals surface area contributed by atoms with E-state index < -0.39 is 0 Å². The second kappa shape index (κ2) is 8.14. The maximum Gasteiger partial charge on any atom is 0.242 e. The van der Waals surface area contributed by atoms with Crippen molar-refractivity contribution in [3.63, 3.8) is 0 Å². The van der Waals surface area contributed by atoms with Crippen LogP contribution in [-0.4, -0.2) is 60.5 Å². The molecule has 142 valence electrons. The highest BCUT2D eigenvalue weighted by Gasteiger charge is 2.36. The normalized spacial score (nSPS) is 26.9. The molecule has 3 atom stereocenters. The molecule has 2 aliphatic rings. The number of halogens is 1. The quantitative estimate of drug-likeness (QED) is 0.870. The predicted molar refractivity (Wildman–Crippen MR) is 94.5 cm³/mol. The molecule has 0 spiro atoms. The molecule has 0 bridgehead atoms. The third kappa shape index (κ3) is 4.04. The Kier molecular flexibility index (Phi) is 5.88. The molecule has 26 heavy (non-hydrogen) atoms. The summed E-state index contributed by atoms with van der Waals surface area (Å²) in [6.07, 6.45) is 2.07. The summed E-state index contributed by atoms with van der Waals surface area (Å²) in [6, 6.07) is 6.29. The van der Waals surface area contributed by atoms with Crippen molar-refractivity contribution in [1.29, 1.82) is 0 Å². The average Bonchev–Trinajstić information content (AvgIpc) is 2.64. The Bertz CT molecular complexity index is 669. The molecule has 1 aliphatic heterocycles. The average molecular weight is 363 g/mol. The Balaban J connectivity index is 1.56. The largest absolute Gasteiger partial charge is 0.380 e. The number of hydrogen-bond donors (Lipinski definition) is 1. The molecule has 1 saturated carbocycles. The predicted octanol–water partition coefficient (Wildman–Crippen LogP) is 1.14. The van der Waals surface area contributed by atoms with Crippen LogP contribution in [-0.2, 0) is 20.9 Å². The van der Waals surface area contributed by atoms with Gasteiger partial charge in [-0.25, -0.2) is 4.39 Å². The summed E-state index contributed by atoms with van der Waals surface area (Å²) in [7, 11) is 1.64. The zero-order valence-corrected chi connectivity index (χ0v) is 15.1. The summed E-state index contributed by atoms with van der Waals surface area (Å²) in [4.78, 5) is 28.4. The first-order valence-corrected chi connectivity index (χ1v) is 9.08. The van der Waals surface area contributed by atoms with Gasteiger partial charge in [0.15, 0.2) is 0 Å². The maximum atomic E-state index is 13.8. The maximum absolute atomic E-state index is 13.8. The molecule has 6 nitrogen and oxygen atoms in total. The molecule has 3 rings (SSSR count). The zero-order valence-electron chi connectivity index (χ0n) is 15.1. The van der Waals surface area contributed by atoms with Gasteiger partial charge < -0.3 is 20.3 Å². The van der Waals surface area contributed by atoms with Gasteiger partial charge in [0.2, 0.25) is 11.8 Å². The highest BCUT2D eigenvalue weighted by Crippen LogP contribution is 2.27. The number of methoxy groups -OCH3 is 1. The van der Waals surface area contributed by atoms with Crippen LogP contribution >= 0.6 is 0 Å². The third-order valence-electron chi connectivity index (χ3n) is 5.44. The van der Waals surface area contributed by atoms with E-state index in [9.17, 15) is 14.0 Å². The van der Waals surface area contributed by atoms with Crippen molar-refractivity contribution in [1.82, 2.24) is 9.80 Å². The number of hydrogen-bond acceptors (Lipinski definition) is 4. The molecule has 2 amide bonds. The number of rotatable bonds is 4. The number of carbonyl (C=O) groups is 2. The molecule has 1 saturated heterocycles. The standard InChI is InChI=1S/C19H26FN3O3/c1-26-17-7-6-13(10-16(17)21)19(25)23-9-8-22(18(24)12-23)11-14-4-2-3-5-15(14)20/h2-5,13,16-17H,6-12,21H2,1H3/t13-,16+,17+/m0/s1. The van der Waals surface area contributed by atoms with E-state index in [1.165, 1.54) is 6.07 Å². The minimum absolute atomic E-state index is 0.00158. The summed E-state index contributed by atoms with van der Waals surface area (Å²) >= 11 is 0. The second-order valence-electron chi connectivity index (χ2n) is 7.11. The molecule has 7 heteroatoms. The molecule has 0 aromatic heterocycles. The fourth-order valence-corrected chi connectivity index (χ4v) is 3.85. The van der Waals surface area contributed by atoms with Gasteiger partial charge in [-0.3, -0.25) is 9.59 Å². The molecule has 0 radical (unpaired) electrons. The van der Waals surface area contributed by atoms with Gasteiger partial charge in [-0.1, -0.05) is 18.2 Å². The molecular weight excluding hydrogens is 337 g/mol. The van der Waals surface area contributed by atoms with Crippen LogP contribution in [0.15, 0.2) is 24.3 Å². The van der Waals surface area contributed by atoms with Gasteiger partial charge in [0.05, 0.1) is 12.6 Å². The summed E-state index contributed by atoms with van der Waals surface area (Å²) in [5.74, 6) is -0.623. The number of nitrogens with zero attached hydrogens (tertiary/aromatic N) is 2. The molecule has 2 fully saturated rings. The van der Waals surface area contributed by atoms with E-state index >= 15 is 0 Å². The van der Waals surface area contributed by atoms with Gasteiger partial charge in [-0.2, -0.15) is 0 Å². The third-order valence-corrected chi connectivity index (χ3v) is 5.44. The Hall–Kier alpha value is -1.99. The summed E-state index contributed by atoms with van der Waals surface area (Å²) < 4.78 is 19.1. The fraction of sp³-hybridized carbons (Fsp3) is 0.579. The first kappa shape index (κ1) is 18.8. The lowest BCUT2D eigenvalue weighted by molar-refractivity contribution is -0.149. The van der Waals surface area contributed by atoms with Crippen LogP contribution in [0.4, 0.5) is 4.39 Å². The number of carbonyl (C=O) groups excluding carboxylic acids is 2. The van der Waals surface area contributed by atoms with Crippen LogP contribution in [0.1, 0.15) is 24.8 Å². The van der Waals surface area contributed by atoms with Gasteiger partial charge >= 0.3 is 0 Å². The van der Waals surface area contributed by atoms with Gasteiger partial charge in [-0.15, -0.1) is 0 Å². The lowest BCUT2D eigenvalue weighted by Crippen LogP contribution is -2.54. The van der Waals surface area contributed by atoms with E-state index in [2.05, 4.69) is 0 Å². The van der Waals surface area contributed by atoms with Gasteiger partial charge in [-0.05, 0) is 25.3 Å². The van der Waals surface area contributed by atoms with Gasteiger partial charge in [0.25, 0.3) is 0 Å². The van der Waals surface area contributed by atoms with Crippen molar-refractivity contribution >= 4 is 11.8 Å². The topological polar surface area (TPSA) is 75.9 Å². The lowest BCUT2D eigenvalue weighted by atomic mass is 9.83. The first-order valence-electron chi connectivity index (χ1n) is 9.08. The van der Waals surface area contributed by atoms with E-state index in [1.807, 2.05) is 0 Å². The molecule has 1 aromatic rings. The molecule has 1 heterocycles. The van der Waals surface area contributed by atoms with Crippen molar-refractivity contribution in [3.05, 3.63) is 35.6 Å². The highest BCUT2D eigenvalue weighted by atomic mass is 19.1. The number of benzene rings is 1. The van der Waals surface area contributed by atoms with E-state index in [-0.39, 0.29) is 48.8 Å². The van der Waals surface area contributed by atoms with Crippen LogP contribution in [0.25, 0.3) is 0 Å². The van der Waals surface area contributed by atoms with E-state index in [0.29, 0.717) is 25.1 Å². The van der Waals surface area contributed by atoms with Crippen LogP contribution in [0.2, 0.25) is 0 Å². The van der Waals surface area contributed by atoms with Crippen molar-refractivity contribution in [2.45, 2.75) is 38.0 Å². The number of ether oxygens (including phenoxy) is 1. The summed E-state index contributed by atoms with van der Waals surface area (Å²) in [6.45, 7) is 1.17. The van der Waals surface area contributed by atoms with Gasteiger partial charge in [0.1, 0.15) is 5.82 Å². The fourth-order valence-electron chi connectivity index (χ4n) is 3.85. The van der Waals surface area contributed by atoms with Crippen molar-refractivity contribution in [3.8, 4) is 0 Å². The monoisotopic (exact) mass is 363 g/mol. The van der Waals surface area contributed by atoms with E-state index in [4.69, 9.17) is 10.5 Å². The number of nitrogens with two attached hydrogens (primary N) is 1. The summed E-state index contributed by atoms with van der Waals surface area (Å²) in [5.41, 5.74) is 6.58. The minimum atomic E-state index is -0.317. The smallest absolute Gasteiger partial charge is 0.242 e. The minimum Gasteiger partial charge on any atom is -0.380 e. The molecule has 2 N–H and O–H groups in total. The Labute approximate surface area is 153 Å². The van der Waals surface area contributed by atoms with E-state index in [0.717, 1.165) is 12.8 Å². The number of piperazine rings is 1. The second-order valence-corrected chi connectivity index (χ2v) is 7.11. The lowest BCUT2D eigenvalue weighted by Gasteiger charge is -2.38. The number of amides is 2. The Morgan fingerprint density at radius 3 is 2.73 bits per heavy atom. The SMILES string of the molecule is CO[C@@H]1CC[C@H](C(=O)N2CCN(Cc3ccccc3F)C(=O)C2)C[C@H]1N. The highest BCUT2D eigenvalue weighted by molar-refractivity contribution is 5.87. The van der Waals surface area contributed by atoms with Gasteiger partial charge in [0, 0.05) is 44.3 Å². The zero-order chi connectivity index (χ0) is 18.7. The van der Waals surface area contributed by atoms with Crippen molar-refractivity contribution in [2.24, 2.45) is 11.7 Å². The van der Waals surface area contributed by atoms with Crippen LogP contribution < -0.4 is 5.73 Å². The molecule has 1 aliphatic carbocycles. The molecule has 0 unspecified atom stereocenters. The van der Waals surface area contributed by atoms with E-state index in [1.54, 1.807) is 35.1 Å². The van der Waals surface area contributed by atoms with Crippen molar-refractivity contribution in [2.75, 3.05) is 26.7 Å². The molecule has 1 aromatic carbocycles. The Morgan fingerprint density at radius 2 is 2.08 bits per heavy atom. The first-order chi connectivity index (χ1) is 12.5. The van der Waals surface area contributed by atoms with Crippen LogP contribution in [0.3, 0.4) is 0 Å². The van der Waals surface area contributed by atoms with Crippen LogP contribution in [0.5, 0.6) is 0 Å². The van der Waals surface area contributed by atoms with Crippen LogP contribution in [0, 0.1) is 11.7 Å².